The van der Waals surface area contributed by atoms with E-state index in [9.17, 15) is 4.57 Å². The fourth-order valence-corrected chi connectivity index (χ4v) is 6.58. The van der Waals surface area contributed by atoms with E-state index in [2.05, 4.69) is 27.7 Å². The highest BCUT2D eigenvalue weighted by Crippen LogP contribution is 2.52. The Morgan fingerprint density at radius 2 is 1.20 bits per heavy atom. The first-order valence-corrected chi connectivity index (χ1v) is 15.2. The van der Waals surface area contributed by atoms with Crippen LogP contribution in [0.15, 0.2) is 0 Å². The van der Waals surface area contributed by atoms with Gasteiger partial charge in [0.1, 0.15) is 0 Å². The van der Waals surface area contributed by atoms with Gasteiger partial charge in [0, 0.05) is 0 Å². The molecular weight excluding hydrogens is 351 g/mol. The molecule has 0 amide bonds. The van der Waals surface area contributed by atoms with E-state index in [1.807, 2.05) is 19.6 Å². The first-order chi connectivity index (χ1) is 11.7. The number of hydrogen-bond acceptors (Lipinski definition) is 4. The minimum atomic E-state index is -3.48. The molecule has 6 heteroatoms. The highest BCUT2D eigenvalue weighted by atomic mass is 31.2. The molecule has 0 aromatic carbocycles. The third-order valence-corrected chi connectivity index (χ3v) is 8.42. The Hall–Kier alpha value is 0.327. The summed E-state index contributed by atoms with van der Waals surface area (Å²) in [5.41, 5.74) is 0. The fraction of sp³-hybridized carbons (Fsp3) is 1.00. The van der Waals surface area contributed by atoms with Crippen LogP contribution >= 0.6 is 7.82 Å². The van der Waals surface area contributed by atoms with Gasteiger partial charge in [0.15, 0.2) is 8.32 Å². The molecular formula is C19H43O4PSi. The molecule has 0 aromatic heterocycles. The summed E-state index contributed by atoms with van der Waals surface area (Å²) in [7, 11) is -5.50. The van der Waals surface area contributed by atoms with Crippen LogP contribution in [0.5, 0.6) is 0 Å². The van der Waals surface area contributed by atoms with E-state index in [1.54, 1.807) is 0 Å². The van der Waals surface area contributed by atoms with Crippen LogP contribution in [0.3, 0.4) is 0 Å². The highest BCUT2D eigenvalue weighted by Gasteiger charge is 2.35. The molecule has 0 fully saturated rings. The van der Waals surface area contributed by atoms with Crippen LogP contribution in [0.2, 0.25) is 19.6 Å². The quantitative estimate of drug-likeness (QED) is 0.202. The highest BCUT2D eigenvalue weighted by molar-refractivity contribution is 7.50. The Morgan fingerprint density at radius 1 is 0.800 bits per heavy atom. The maximum atomic E-state index is 13.2. The van der Waals surface area contributed by atoms with Gasteiger partial charge < -0.3 is 4.21 Å². The van der Waals surface area contributed by atoms with Crippen molar-refractivity contribution in [3.05, 3.63) is 0 Å². The SMILES string of the molecule is CCCCC(CC)COP(=O)(OCC(CC)CCCC)O[Si](C)(C)C. The maximum Gasteiger partial charge on any atom is 0.464 e. The molecule has 0 heterocycles. The summed E-state index contributed by atoms with van der Waals surface area (Å²) >= 11 is 0. The summed E-state index contributed by atoms with van der Waals surface area (Å²) in [6.07, 6.45) is 8.97. The molecule has 0 aliphatic heterocycles. The van der Waals surface area contributed by atoms with Gasteiger partial charge in [0.2, 0.25) is 0 Å². The van der Waals surface area contributed by atoms with Gasteiger partial charge in [-0.15, -0.1) is 0 Å². The second kappa shape index (κ2) is 13.5. The fourth-order valence-electron chi connectivity index (χ4n) is 2.61. The lowest BCUT2D eigenvalue weighted by Gasteiger charge is -2.28. The van der Waals surface area contributed by atoms with Gasteiger partial charge in [-0.25, -0.2) is 4.57 Å². The van der Waals surface area contributed by atoms with E-state index < -0.39 is 16.1 Å². The Bertz CT molecular complexity index is 347. The summed E-state index contributed by atoms with van der Waals surface area (Å²) in [4.78, 5) is 0. The average Bonchev–Trinajstić information content (AvgIpc) is 2.53. The van der Waals surface area contributed by atoms with Crippen LogP contribution < -0.4 is 0 Å². The lowest BCUT2D eigenvalue weighted by atomic mass is 10.0. The molecule has 0 saturated heterocycles. The standard InChI is InChI=1S/C19H43O4PSi/c1-8-12-14-18(10-3)16-21-24(20,23-25(5,6)7)22-17-19(11-4)15-13-9-2/h18-19H,8-17H2,1-7H3. The average molecular weight is 395 g/mol. The van der Waals surface area contributed by atoms with Crippen LogP contribution in [-0.4, -0.2) is 21.5 Å². The Labute approximate surface area is 158 Å². The zero-order valence-corrected chi connectivity index (χ0v) is 19.7. The summed E-state index contributed by atoms with van der Waals surface area (Å²) in [5.74, 6) is 0.841. The van der Waals surface area contributed by atoms with Crippen LogP contribution in [0, 0.1) is 11.8 Å². The van der Waals surface area contributed by atoms with Gasteiger partial charge in [-0.3, -0.25) is 9.05 Å². The van der Waals surface area contributed by atoms with E-state index in [0.717, 1.165) is 25.7 Å². The van der Waals surface area contributed by atoms with Crippen molar-refractivity contribution in [2.24, 2.45) is 11.8 Å². The van der Waals surface area contributed by atoms with Gasteiger partial charge in [0.05, 0.1) is 13.2 Å². The molecule has 2 unspecified atom stereocenters. The topological polar surface area (TPSA) is 44.8 Å². The van der Waals surface area contributed by atoms with Crippen molar-refractivity contribution in [1.82, 2.24) is 0 Å². The van der Waals surface area contributed by atoms with E-state index in [1.165, 1.54) is 25.7 Å². The zero-order chi connectivity index (χ0) is 19.3. The van der Waals surface area contributed by atoms with Gasteiger partial charge in [0.25, 0.3) is 0 Å². The first-order valence-electron chi connectivity index (χ1n) is 10.3. The lowest BCUT2D eigenvalue weighted by Crippen LogP contribution is -2.26. The predicted octanol–water partition coefficient (Wildman–Crippen LogP) is 7.41. The molecule has 0 aromatic rings. The normalized spacial score (nSPS) is 17.2. The monoisotopic (exact) mass is 394 g/mol. The molecule has 0 aliphatic carbocycles. The smallest absolute Gasteiger partial charge is 0.330 e. The molecule has 0 radical (unpaired) electrons. The molecule has 0 aliphatic rings. The molecule has 25 heavy (non-hydrogen) atoms. The third kappa shape index (κ3) is 13.2. The third-order valence-electron chi connectivity index (χ3n) is 4.41. The molecule has 0 spiro atoms. The van der Waals surface area contributed by atoms with Gasteiger partial charge in [-0.2, -0.15) is 0 Å². The van der Waals surface area contributed by atoms with Gasteiger partial charge in [-0.05, 0) is 44.3 Å². The molecule has 0 bridgehead atoms. The van der Waals surface area contributed by atoms with E-state index >= 15 is 0 Å². The summed E-state index contributed by atoms with van der Waals surface area (Å²) in [6, 6.07) is 0. The van der Waals surface area contributed by atoms with Crippen molar-refractivity contribution < 1.29 is 17.8 Å². The van der Waals surface area contributed by atoms with E-state index in [4.69, 9.17) is 13.3 Å². The molecule has 152 valence electrons. The first kappa shape index (κ1) is 25.3. The van der Waals surface area contributed by atoms with Crippen LogP contribution in [-0.2, 0) is 17.8 Å². The summed E-state index contributed by atoms with van der Waals surface area (Å²) < 4.78 is 30.7. The van der Waals surface area contributed by atoms with Crippen LogP contribution in [0.25, 0.3) is 0 Å². The summed E-state index contributed by atoms with van der Waals surface area (Å²) in [6.45, 7) is 15.7. The second-order valence-electron chi connectivity index (χ2n) is 8.08. The van der Waals surface area contributed by atoms with Crippen molar-refractivity contribution in [2.75, 3.05) is 13.2 Å². The minimum Gasteiger partial charge on any atom is -0.330 e. The van der Waals surface area contributed by atoms with E-state index in [0.29, 0.717) is 25.0 Å². The lowest BCUT2D eigenvalue weighted by molar-refractivity contribution is 0.114. The van der Waals surface area contributed by atoms with Gasteiger partial charge >= 0.3 is 7.82 Å². The Kier molecular flexibility index (Phi) is 13.7. The second-order valence-corrected chi connectivity index (χ2v) is 14.4. The van der Waals surface area contributed by atoms with Crippen molar-refractivity contribution in [2.45, 2.75) is 98.7 Å². The molecule has 0 saturated carbocycles. The number of phosphoric acid groups is 1. The summed E-state index contributed by atoms with van der Waals surface area (Å²) in [5, 5.41) is 0. The van der Waals surface area contributed by atoms with Crippen LogP contribution in [0.1, 0.15) is 79.1 Å². The Morgan fingerprint density at radius 3 is 1.48 bits per heavy atom. The van der Waals surface area contributed by atoms with Crippen LogP contribution in [0.4, 0.5) is 0 Å². The minimum absolute atomic E-state index is 0.421. The molecule has 0 rings (SSSR count). The van der Waals surface area contributed by atoms with E-state index in [-0.39, 0.29) is 0 Å². The molecule has 4 nitrogen and oxygen atoms in total. The zero-order valence-electron chi connectivity index (χ0n) is 17.8. The maximum absolute atomic E-state index is 13.2. The largest absolute Gasteiger partial charge is 0.464 e. The number of phosphoric ester groups is 1. The number of hydrogen-bond donors (Lipinski definition) is 0. The van der Waals surface area contributed by atoms with Gasteiger partial charge in [-0.1, -0.05) is 66.2 Å². The predicted molar refractivity (Wildman–Crippen MR) is 111 cm³/mol. The number of rotatable bonds is 16. The van der Waals surface area contributed by atoms with Crippen molar-refractivity contribution in [1.29, 1.82) is 0 Å². The van der Waals surface area contributed by atoms with Crippen molar-refractivity contribution in [3.8, 4) is 0 Å². The number of unbranched alkanes of at least 4 members (excludes halogenated alkanes) is 2. The van der Waals surface area contributed by atoms with Crippen molar-refractivity contribution in [3.63, 3.8) is 0 Å². The van der Waals surface area contributed by atoms with Crippen molar-refractivity contribution >= 4 is 16.1 Å². The molecule has 0 N–H and O–H groups in total. The Balaban J connectivity index is 4.78. The molecule has 2 atom stereocenters.